The number of aryl methyl sites for hydroxylation is 2. The van der Waals surface area contributed by atoms with Crippen LogP contribution in [0.5, 0.6) is 0 Å². The number of hydrogen-bond donors (Lipinski definition) is 3. The minimum absolute atomic E-state index is 0.351. The van der Waals surface area contributed by atoms with Gasteiger partial charge in [-0.1, -0.05) is 17.7 Å². The third kappa shape index (κ3) is 3.70. The van der Waals surface area contributed by atoms with Gasteiger partial charge in [0.1, 0.15) is 0 Å². The van der Waals surface area contributed by atoms with Gasteiger partial charge in [-0.25, -0.2) is 5.48 Å². The Morgan fingerprint density at radius 2 is 1.60 bits per heavy atom. The van der Waals surface area contributed by atoms with E-state index in [9.17, 15) is 25.0 Å². The Morgan fingerprint density at radius 3 is 2.04 bits per heavy atom. The molecule has 25 heavy (non-hydrogen) atoms. The molecule has 2 rings (SSSR count). The molecule has 2 aromatic rings. The summed E-state index contributed by atoms with van der Waals surface area (Å²) in [6, 6.07) is 6.91. The number of hydroxylamine groups is 1. The predicted octanol–water partition coefficient (Wildman–Crippen LogP) is 2.98. The molecule has 0 aliphatic rings. The summed E-state index contributed by atoms with van der Waals surface area (Å²) in [5, 5.41) is 34.0. The van der Waals surface area contributed by atoms with Crippen molar-refractivity contribution < 1.29 is 19.8 Å². The zero-order valence-electron chi connectivity index (χ0n) is 13.3. The number of carbonyl (C=O) groups excluding carboxylic acids is 1. The van der Waals surface area contributed by atoms with Gasteiger partial charge >= 0.3 is 11.4 Å². The summed E-state index contributed by atoms with van der Waals surface area (Å²) in [4.78, 5) is 32.5. The maximum absolute atomic E-state index is 11.5. The summed E-state index contributed by atoms with van der Waals surface area (Å²) in [7, 11) is 0. The SMILES string of the molecule is Cc1ccc(Nc2c([N+](=O)[O-])cc(C(=O)NO)cc2[N+](=O)[O-])c(C)c1. The van der Waals surface area contributed by atoms with E-state index in [1.165, 1.54) is 5.48 Å². The molecule has 0 heterocycles. The molecule has 10 heteroatoms. The maximum atomic E-state index is 11.5. The standard InChI is InChI=1S/C15H14N4O6/c1-8-3-4-11(9(2)5-8)16-14-12(18(22)23)6-10(15(20)17-21)7-13(14)19(24)25/h3-7,16,21H,1-2H3,(H,17,20). The molecule has 0 bridgehead atoms. The highest BCUT2D eigenvalue weighted by Crippen LogP contribution is 2.38. The predicted molar refractivity (Wildman–Crippen MR) is 88.2 cm³/mol. The highest BCUT2D eigenvalue weighted by atomic mass is 16.6. The number of benzene rings is 2. The Hall–Kier alpha value is -3.53. The van der Waals surface area contributed by atoms with Crippen molar-refractivity contribution in [2.24, 2.45) is 0 Å². The number of carbonyl (C=O) groups is 1. The lowest BCUT2D eigenvalue weighted by molar-refractivity contribution is -0.392. The number of hydrogen-bond acceptors (Lipinski definition) is 7. The molecule has 0 unspecified atom stereocenters. The molecule has 0 aliphatic carbocycles. The Morgan fingerprint density at radius 1 is 1.04 bits per heavy atom. The van der Waals surface area contributed by atoms with E-state index >= 15 is 0 Å². The molecule has 130 valence electrons. The van der Waals surface area contributed by atoms with Crippen LogP contribution in [-0.4, -0.2) is 21.0 Å². The van der Waals surface area contributed by atoms with Gasteiger partial charge in [-0.15, -0.1) is 0 Å². The van der Waals surface area contributed by atoms with E-state index in [4.69, 9.17) is 5.21 Å². The molecule has 0 aromatic heterocycles. The van der Waals surface area contributed by atoms with Gasteiger partial charge in [0.15, 0.2) is 5.69 Å². The first-order valence-corrected chi connectivity index (χ1v) is 7.00. The third-order valence-corrected chi connectivity index (χ3v) is 3.50. The second-order valence-corrected chi connectivity index (χ2v) is 5.29. The van der Waals surface area contributed by atoms with Crippen LogP contribution in [0.1, 0.15) is 21.5 Å². The Balaban J connectivity index is 2.67. The van der Waals surface area contributed by atoms with Crippen molar-refractivity contribution in [3.63, 3.8) is 0 Å². The number of nitro benzene ring substituents is 2. The average Bonchev–Trinajstić information content (AvgIpc) is 2.56. The van der Waals surface area contributed by atoms with Crippen LogP contribution in [0.15, 0.2) is 30.3 Å². The van der Waals surface area contributed by atoms with E-state index in [1.807, 2.05) is 13.0 Å². The van der Waals surface area contributed by atoms with Crippen LogP contribution in [0.25, 0.3) is 0 Å². The lowest BCUT2D eigenvalue weighted by Crippen LogP contribution is -2.19. The van der Waals surface area contributed by atoms with E-state index in [1.54, 1.807) is 19.1 Å². The highest BCUT2D eigenvalue weighted by molar-refractivity contribution is 5.97. The quantitative estimate of drug-likeness (QED) is 0.428. The van der Waals surface area contributed by atoms with Gasteiger partial charge in [-0.2, -0.15) is 0 Å². The Bertz CT molecular complexity index is 845. The molecular formula is C15H14N4O6. The number of nitro groups is 2. The molecule has 0 radical (unpaired) electrons. The van der Waals surface area contributed by atoms with Gasteiger partial charge in [0, 0.05) is 17.8 Å². The molecule has 0 saturated carbocycles. The molecule has 0 saturated heterocycles. The van der Waals surface area contributed by atoms with E-state index in [0.717, 1.165) is 23.3 Å². The van der Waals surface area contributed by atoms with Crippen molar-refractivity contribution in [3.8, 4) is 0 Å². The zero-order valence-corrected chi connectivity index (χ0v) is 13.3. The van der Waals surface area contributed by atoms with Crippen LogP contribution in [0, 0.1) is 34.1 Å². The molecular weight excluding hydrogens is 332 g/mol. The van der Waals surface area contributed by atoms with Crippen molar-refractivity contribution in [2.75, 3.05) is 5.32 Å². The fraction of sp³-hybridized carbons (Fsp3) is 0.133. The number of anilines is 2. The van der Waals surface area contributed by atoms with Crippen molar-refractivity contribution >= 4 is 28.7 Å². The fourth-order valence-electron chi connectivity index (χ4n) is 2.31. The molecule has 0 aliphatic heterocycles. The first kappa shape index (κ1) is 17.8. The topological polar surface area (TPSA) is 148 Å². The maximum Gasteiger partial charge on any atom is 0.300 e. The molecule has 2 aromatic carbocycles. The van der Waals surface area contributed by atoms with E-state index in [2.05, 4.69) is 5.32 Å². The summed E-state index contributed by atoms with van der Waals surface area (Å²) in [5.74, 6) is -1.09. The van der Waals surface area contributed by atoms with Gasteiger partial charge < -0.3 is 5.32 Å². The summed E-state index contributed by atoms with van der Waals surface area (Å²) in [6.45, 7) is 3.62. The number of nitrogens with zero attached hydrogens (tertiary/aromatic N) is 2. The van der Waals surface area contributed by atoms with Crippen LogP contribution in [-0.2, 0) is 0 Å². The van der Waals surface area contributed by atoms with Gasteiger partial charge in [-0.05, 0) is 25.5 Å². The van der Waals surface area contributed by atoms with Crippen LogP contribution in [0.4, 0.5) is 22.7 Å². The molecule has 3 N–H and O–H groups in total. The minimum Gasteiger partial charge on any atom is -0.344 e. The lowest BCUT2D eigenvalue weighted by Gasteiger charge is -2.12. The van der Waals surface area contributed by atoms with Crippen LogP contribution in [0.2, 0.25) is 0 Å². The van der Waals surface area contributed by atoms with Crippen LogP contribution in [0.3, 0.4) is 0 Å². The zero-order chi connectivity index (χ0) is 18.7. The molecule has 1 amide bonds. The number of rotatable bonds is 5. The van der Waals surface area contributed by atoms with E-state index < -0.39 is 32.7 Å². The van der Waals surface area contributed by atoms with Gasteiger partial charge in [0.2, 0.25) is 0 Å². The summed E-state index contributed by atoms with van der Waals surface area (Å²) >= 11 is 0. The molecule has 0 atom stereocenters. The number of amides is 1. The normalized spacial score (nSPS) is 10.2. The summed E-state index contributed by atoms with van der Waals surface area (Å²) in [5.41, 5.74) is 1.37. The van der Waals surface area contributed by atoms with Gasteiger partial charge in [-0.3, -0.25) is 30.2 Å². The second kappa shape index (κ2) is 6.93. The van der Waals surface area contributed by atoms with E-state index in [-0.39, 0.29) is 5.69 Å². The summed E-state index contributed by atoms with van der Waals surface area (Å²) < 4.78 is 0. The van der Waals surface area contributed by atoms with E-state index in [0.29, 0.717) is 5.69 Å². The first-order valence-electron chi connectivity index (χ1n) is 7.00. The smallest absolute Gasteiger partial charge is 0.300 e. The van der Waals surface area contributed by atoms with Crippen molar-refractivity contribution in [3.05, 3.63) is 67.3 Å². The van der Waals surface area contributed by atoms with Crippen LogP contribution >= 0.6 is 0 Å². The van der Waals surface area contributed by atoms with Gasteiger partial charge in [0.25, 0.3) is 5.91 Å². The van der Waals surface area contributed by atoms with Crippen molar-refractivity contribution in [1.82, 2.24) is 5.48 Å². The highest BCUT2D eigenvalue weighted by Gasteiger charge is 2.29. The van der Waals surface area contributed by atoms with Gasteiger partial charge in [0.05, 0.1) is 15.4 Å². The third-order valence-electron chi connectivity index (χ3n) is 3.50. The van der Waals surface area contributed by atoms with Crippen molar-refractivity contribution in [1.29, 1.82) is 0 Å². The fourth-order valence-corrected chi connectivity index (χ4v) is 2.31. The van der Waals surface area contributed by atoms with Crippen molar-refractivity contribution in [2.45, 2.75) is 13.8 Å². The Labute approximate surface area is 141 Å². The second-order valence-electron chi connectivity index (χ2n) is 5.29. The molecule has 0 fully saturated rings. The Kier molecular flexibility index (Phi) is 4.94. The minimum atomic E-state index is -1.09. The lowest BCUT2D eigenvalue weighted by atomic mass is 10.1. The summed E-state index contributed by atoms with van der Waals surface area (Å²) in [6.07, 6.45) is 0. The first-order chi connectivity index (χ1) is 11.7. The molecule has 0 spiro atoms. The van der Waals surface area contributed by atoms with Crippen LogP contribution < -0.4 is 10.8 Å². The average molecular weight is 346 g/mol. The molecule has 10 nitrogen and oxygen atoms in total. The number of nitrogens with one attached hydrogen (secondary N) is 2. The monoisotopic (exact) mass is 346 g/mol. The largest absolute Gasteiger partial charge is 0.344 e.